The highest BCUT2D eigenvalue weighted by atomic mass is 16.2. The van der Waals surface area contributed by atoms with Crippen LogP contribution in [0.25, 0.3) is 0 Å². The van der Waals surface area contributed by atoms with Crippen LogP contribution in [0.2, 0.25) is 0 Å². The van der Waals surface area contributed by atoms with Gasteiger partial charge in [0.15, 0.2) is 0 Å². The van der Waals surface area contributed by atoms with Gasteiger partial charge in [0.1, 0.15) is 0 Å². The molecule has 0 radical (unpaired) electrons. The van der Waals surface area contributed by atoms with Crippen molar-refractivity contribution in [2.24, 2.45) is 5.92 Å². The molecule has 2 aromatic rings. The number of nitrogens with zero attached hydrogens (tertiary/aromatic N) is 2. The van der Waals surface area contributed by atoms with Crippen molar-refractivity contribution >= 4 is 17.7 Å². The summed E-state index contributed by atoms with van der Waals surface area (Å²) in [6, 6.07) is 19.7. The minimum Gasteiger partial charge on any atom is -0.334 e. The van der Waals surface area contributed by atoms with E-state index in [9.17, 15) is 9.59 Å². The van der Waals surface area contributed by atoms with Crippen molar-refractivity contribution in [1.29, 1.82) is 0 Å². The highest BCUT2D eigenvalue weighted by molar-refractivity contribution is 5.89. The zero-order valence-corrected chi connectivity index (χ0v) is 16.6. The summed E-state index contributed by atoms with van der Waals surface area (Å²) in [7, 11) is 0. The second-order valence-corrected chi connectivity index (χ2v) is 7.81. The minimum absolute atomic E-state index is 0.00328. The van der Waals surface area contributed by atoms with E-state index in [4.69, 9.17) is 0 Å². The van der Waals surface area contributed by atoms with Gasteiger partial charge in [-0.1, -0.05) is 48.5 Å². The molecule has 2 saturated heterocycles. The number of anilines is 1. The third kappa shape index (κ3) is 4.70. The van der Waals surface area contributed by atoms with Crippen molar-refractivity contribution in [3.63, 3.8) is 0 Å². The molecule has 0 aliphatic carbocycles. The molecular weight excluding hydrogens is 364 g/mol. The summed E-state index contributed by atoms with van der Waals surface area (Å²) in [6.45, 7) is 2.74. The Bertz CT molecular complexity index is 827. The molecule has 0 spiro atoms. The number of benzene rings is 2. The van der Waals surface area contributed by atoms with E-state index in [1.54, 1.807) is 0 Å². The quantitative estimate of drug-likeness (QED) is 0.832. The molecule has 2 fully saturated rings. The van der Waals surface area contributed by atoms with Crippen LogP contribution in [0.15, 0.2) is 60.7 Å². The maximum atomic E-state index is 12.8. The Kier molecular flexibility index (Phi) is 5.98. The average molecular weight is 393 g/mol. The lowest BCUT2D eigenvalue weighted by Gasteiger charge is -2.27. The molecule has 0 bridgehead atoms. The lowest BCUT2D eigenvalue weighted by Crippen LogP contribution is -2.44. The summed E-state index contributed by atoms with van der Waals surface area (Å²) in [6.07, 6.45) is 2.78. The second kappa shape index (κ2) is 8.99. The van der Waals surface area contributed by atoms with E-state index in [0.717, 1.165) is 43.6 Å². The predicted molar refractivity (Wildman–Crippen MR) is 114 cm³/mol. The van der Waals surface area contributed by atoms with Gasteiger partial charge in [-0.3, -0.25) is 0 Å². The largest absolute Gasteiger partial charge is 0.334 e. The first kappa shape index (κ1) is 19.3. The fraction of sp³-hybridized carbons (Fsp3) is 0.391. The van der Waals surface area contributed by atoms with E-state index in [1.165, 1.54) is 0 Å². The number of likely N-dealkylation sites (tertiary alicyclic amines) is 2. The van der Waals surface area contributed by atoms with Gasteiger partial charge >= 0.3 is 12.1 Å². The SMILES string of the molecule is O=C(Nc1ccccc1)N1CC[C@H]2CCN(C(=O)NCc3ccccc3)[C@H]2CC1. The number of para-hydroxylation sites is 1. The van der Waals surface area contributed by atoms with Gasteiger partial charge in [-0.05, 0) is 42.9 Å². The number of carbonyl (C=O) groups excluding carboxylic acids is 2. The lowest BCUT2D eigenvalue weighted by molar-refractivity contribution is 0.181. The molecule has 4 amide bonds. The summed E-state index contributed by atoms with van der Waals surface area (Å²) in [4.78, 5) is 29.3. The zero-order valence-electron chi connectivity index (χ0n) is 16.6. The molecule has 2 heterocycles. The number of fused-ring (bicyclic) bond motifs is 1. The van der Waals surface area contributed by atoms with E-state index in [2.05, 4.69) is 10.6 Å². The monoisotopic (exact) mass is 392 g/mol. The smallest absolute Gasteiger partial charge is 0.321 e. The molecule has 152 valence electrons. The third-order valence-electron chi connectivity index (χ3n) is 6.01. The number of carbonyl (C=O) groups is 2. The van der Waals surface area contributed by atoms with Gasteiger partial charge in [0, 0.05) is 37.9 Å². The van der Waals surface area contributed by atoms with Crippen molar-refractivity contribution in [2.45, 2.75) is 31.8 Å². The molecule has 6 nitrogen and oxygen atoms in total. The Hall–Kier alpha value is -3.02. The van der Waals surface area contributed by atoms with Crippen LogP contribution in [0.4, 0.5) is 15.3 Å². The average Bonchev–Trinajstić information content (AvgIpc) is 3.04. The topological polar surface area (TPSA) is 64.7 Å². The summed E-state index contributed by atoms with van der Waals surface area (Å²) in [5.41, 5.74) is 1.91. The van der Waals surface area contributed by atoms with Crippen molar-refractivity contribution < 1.29 is 9.59 Å². The van der Waals surface area contributed by atoms with E-state index in [1.807, 2.05) is 70.5 Å². The Labute approximate surface area is 171 Å². The van der Waals surface area contributed by atoms with Crippen LogP contribution in [0.1, 0.15) is 24.8 Å². The van der Waals surface area contributed by atoms with E-state index in [-0.39, 0.29) is 18.1 Å². The molecule has 29 heavy (non-hydrogen) atoms. The van der Waals surface area contributed by atoms with Gasteiger partial charge in [0.05, 0.1) is 0 Å². The van der Waals surface area contributed by atoms with E-state index in [0.29, 0.717) is 19.0 Å². The minimum atomic E-state index is -0.0590. The third-order valence-corrected chi connectivity index (χ3v) is 6.01. The van der Waals surface area contributed by atoms with Gasteiger partial charge in [0.2, 0.25) is 0 Å². The number of hydrogen-bond acceptors (Lipinski definition) is 2. The Morgan fingerprint density at radius 1 is 0.828 bits per heavy atom. The van der Waals surface area contributed by atoms with E-state index >= 15 is 0 Å². The molecule has 0 unspecified atom stereocenters. The van der Waals surface area contributed by atoms with Gasteiger partial charge in [-0.15, -0.1) is 0 Å². The summed E-state index contributed by atoms with van der Waals surface area (Å²) in [5, 5.41) is 6.03. The summed E-state index contributed by atoms with van der Waals surface area (Å²) >= 11 is 0. The maximum Gasteiger partial charge on any atom is 0.321 e. The first-order valence-corrected chi connectivity index (χ1v) is 10.4. The molecule has 2 atom stereocenters. The normalized spacial score (nSPS) is 21.2. The molecule has 0 aromatic heterocycles. The first-order valence-electron chi connectivity index (χ1n) is 10.4. The van der Waals surface area contributed by atoms with Gasteiger partial charge in [0.25, 0.3) is 0 Å². The zero-order chi connectivity index (χ0) is 20.1. The van der Waals surface area contributed by atoms with E-state index < -0.39 is 0 Å². The Balaban J connectivity index is 1.32. The second-order valence-electron chi connectivity index (χ2n) is 7.81. The summed E-state index contributed by atoms with van der Waals surface area (Å²) < 4.78 is 0. The van der Waals surface area contributed by atoms with Crippen LogP contribution in [0.5, 0.6) is 0 Å². The van der Waals surface area contributed by atoms with Crippen LogP contribution in [0.3, 0.4) is 0 Å². The molecule has 2 N–H and O–H groups in total. The van der Waals surface area contributed by atoms with Crippen molar-refractivity contribution in [1.82, 2.24) is 15.1 Å². The van der Waals surface area contributed by atoms with Crippen LogP contribution in [0, 0.1) is 5.92 Å². The predicted octanol–water partition coefficient (Wildman–Crippen LogP) is 3.91. The van der Waals surface area contributed by atoms with Gasteiger partial charge in [-0.25, -0.2) is 9.59 Å². The van der Waals surface area contributed by atoms with Crippen LogP contribution >= 0.6 is 0 Å². The lowest BCUT2D eigenvalue weighted by atomic mass is 9.96. The first-order chi connectivity index (χ1) is 14.2. The Morgan fingerprint density at radius 3 is 2.24 bits per heavy atom. The molecule has 6 heteroatoms. The molecule has 2 aliphatic rings. The number of nitrogens with one attached hydrogen (secondary N) is 2. The summed E-state index contributed by atoms with van der Waals surface area (Å²) in [5.74, 6) is 0.465. The maximum absolute atomic E-state index is 12.8. The Morgan fingerprint density at radius 2 is 1.48 bits per heavy atom. The fourth-order valence-electron chi connectivity index (χ4n) is 4.42. The van der Waals surface area contributed by atoms with Gasteiger partial charge in [-0.2, -0.15) is 0 Å². The highest BCUT2D eigenvalue weighted by Crippen LogP contribution is 2.32. The standard InChI is InChI=1S/C23H28N4O2/c28-22(24-17-18-7-3-1-4-8-18)27-16-12-19-11-14-26(15-13-21(19)27)23(29)25-20-9-5-2-6-10-20/h1-10,19,21H,11-17H2,(H,24,28)(H,25,29)/t19-,21-/m0/s1. The number of urea groups is 2. The van der Waals surface area contributed by atoms with Crippen molar-refractivity contribution in [3.8, 4) is 0 Å². The van der Waals surface area contributed by atoms with Crippen LogP contribution in [-0.4, -0.2) is 47.5 Å². The van der Waals surface area contributed by atoms with Crippen LogP contribution in [-0.2, 0) is 6.54 Å². The molecular formula is C23H28N4O2. The molecule has 2 aliphatic heterocycles. The van der Waals surface area contributed by atoms with Gasteiger partial charge < -0.3 is 20.4 Å². The molecule has 2 aromatic carbocycles. The van der Waals surface area contributed by atoms with Crippen molar-refractivity contribution in [3.05, 3.63) is 66.2 Å². The van der Waals surface area contributed by atoms with Crippen LogP contribution < -0.4 is 10.6 Å². The number of rotatable bonds is 3. The number of amides is 4. The molecule has 0 saturated carbocycles. The number of hydrogen-bond donors (Lipinski definition) is 2. The highest BCUT2D eigenvalue weighted by Gasteiger charge is 2.39. The van der Waals surface area contributed by atoms with Crippen molar-refractivity contribution in [2.75, 3.05) is 25.0 Å². The fourth-order valence-corrected chi connectivity index (χ4v) is 4.42. The molecule has 4 rings (SSSR count).